The molecule has 12 heavy (non-hydrogen) atoms. The van der Waals surface area contributed by atoms with Gasteiger partial charge in [0.15, 0.2) is 0 Å². The van der Waals surface area contributed by atoms with E-state index in [0.29, 0.717) is 0 Å². The maximum absolute atomic E-state index is 11.9. The number of aryl methyl sites for hydroxylation is 1. The van der Waals surface area contributed by atoms with Crippen LogP contribution in [0, 0.1) is 0 Å². The maximum Gasteiger partial charge on any atom is 0.267 e. The molecule has 1 aromatic rings. The molecule has 1 aromatic heterocycles. The molecule has 6 heteroatoms. The summed E-state index contributed by atoms with van der Waals surface area (Å²) in [5.41, 5.74) is 10.4. The number of amides is 1. The van der Waals surface area contributed by atoms with Crippen LogP contribution in [0.5, 0.6) is 0 Å². The molecule has 0 aromatic carbocycles. The summed E-state index contributed by atoms with van der Waals surface area (Å²) < 4.78 is 13.0. The molecular weight excluding hydrogens is 163 g/mol. The normalized spacial score (nSPS) is 10.1. The van der Waals surface area contributed by atoms with Crippen LogP contribution in [0.4, 0.5) is 10.2 Å². The van der Waals surface area contributed by atoms with Gasteiger partial charge >= 0.3 is 0 Å². The molecule has 0 saturated heterocycles. The Morgan fingerprint density at radius 1 is 1.75 bits per heavy atom. The summed E-state index contributed by atoms with van der Waals surface area (Å²) in [7, 11) is 0. The van der Waals surface area contributed by atoms with Crippen LogP contribution in [0.3, 0.4) is 0 Å². The van der Waals surface area contributed by atoms with Crippen molar-refractivity contribution in [2.75, 3.05) is 12.4 Å². The number of alkyl halides is 1. The molecule has 1 heterocycles. The van der Waals surface area contributed by atoms with Crippen molar-refractivity contribution in [1.29, 1.82) is 0 Å². The van der Waals surface area contributed by atoms with Crippen LogP contribution in [0.1, 0.15) is 10.5 Å². The third-order valence-corrected chi connectivity index (χ3v) is 1.35. The topological polar surface area (TPSA) is 86.9 Å². The summed E-state index contributed by atoms with van der Waals surface area (Å²) in [5, 5.41) is 3.68. The number of carbonyl (C=O) groups excluding carboxylic acids is 1. The molecule has 0 saturated carbocycles. The number of aromatic nitrogens is 2. The van der Waals surface area contributed by atoms with Gasteiger partial charge in [-0.15, -0.1) is 0 Å². The van der Waals surface area contributed by atoms with Crippen LogP contribution in [0.2, 0.25) is 0 Å². The summed E-state index contributed by atoms with van der Waals surface area (Å²) in [6, 6.07) is 1.32. The van der Waals surface area contributed by atoms with Gasteiger partial charge in [-0.25, -0.2) is 4.39 Å². The Balaban J connectivity index is 2.99. The fourth-order valence-electron chi connectivity index (χ4n) is 0.886. The van der Waals surface area contributed by atoms with E-state index in [0.717, 1.165) is 4.68 Å². The number of anilines is 1. The highest BCUT2D eigenvalue weighted by Crippen LogP contribution is 2.04. The molecule has 5 nitrogen and oxygen atoms in total. The van der Waals surface area contributed by atoms with E-state index in [4.69, 9.17) is 11.5 Å². The molecule has 0 bridgehead atoms. The molecule has 0 radical (unpaired) electrons. The highest BCUT2D eigenvalue weighted by atomic mass is 19.1. The van der Waals surface area contributed by atoms with Crippen molar-refractivity contribution in [1.82, 2.24) is 9.78 Å². The highest BCUT2D eigenvalue weighted by molar-refractivity contribution is 5.91. The van der Waals surface area contributed by atoms with E-state index in [2.05, 4.69) is 5.10 Å². The number of nitrogen functional groups attached to an aromatic ring is 1. The zero-order valence-electron chi connectivity index (χ0n) is 6.33. The number of hydrogen-bond donors (Lipinski definition) is 2. The predicted octanol–water partition coefficient (Wildman–Crippen LogP) is -0.466. The molecule has 0 unspecified atom stereocenters. The Morgan fingerprint density at radius 2 is 2.42 bits per heavy atom. The Labute approximate surface area is 68.1 Å². The van der Waals surface area contributed by atoms with Crippen molar-refractivity contribution in [2.45, 2.75) is 6.54 Å². The van der Waals surface area contributed by atoms with Gasteiger partial charge < -0.3 is 11.5 Å². The van der Waals surface area contributed by atoms with E-state index in [1.54, 1.807) is 0 Å². The van der Waals surface area contributed by atoms with Gasteiger partial charge in [0, 0.05) is 6.07 Å². The lowest BCUT2D eigenvalue weighted by Gasteiger charge is -1.99. The van der Waals surface area contributed by atoms with Crippen LogP contribution in [0.15, 0.2) is 6.07 Å². The average molecular weight is 172 g/mol. The smallest absolute Gasteiger partial charge is 0.267 e. The van der Waals surface area contributed by atoms with E-state index in [9.17, 15) is 9.18 Å². The largest absolute Gasteiger partial charge is 0.382 e. The summed E-state index contributed by atoms with van der Waals surface area (Å²) in [6.45, 7) is -0.614. The minimum atomic E-state index is -0.660. The van der Waals surface area contributed by atoms with Crippen LogP contribution in [-0.2, 0) is 6.54 Å². The number of halogens is 1. The maximum atomic E-state index is 11.9. The molecule has 0 spiro atoms. The van der Waals surface area contributed by atoms with Gasteiger partial charge in [-0.05, 0) is 0 Å². The standard InChI is InChI=1S/C6H9FN4O/c7-1-2-11-4(6(9)12)3-5(8)10-11/h3H,1-2H2,(H2,8,10)(H2,9,12). The third kappa shape index (κ3) is 1.52. The summed E-state index contributed by atoms with van der Waals surface area (Å²) in [4.78, 5) is 10.7. The Morgan fingerprint density at radius 3 is 2.92 bits per heavy atom. The van der Waals surface area contributed by atoms with E-state index in [-0.39, 0.29) is 18.1 Å². The number of rotatable bonds is 3. The monoisotopic (exact) mass is 172 g/mol. The Hall–Kier alpha value is -1.59. The van der Waals surface area contributed by atoms with Gasteiger partial charge in [0.25, 0.3) is 5.91 Å². The summed E-state index contributed by atoms with van der Waals surface area (Å²) >= 11 is 0. The van der Waals surface area contributed by atoms with E-state index in [1.807, 2.05) is 0 Å². The number of carbonyl (C=O) groups is 1. The molecule has 0 aliphatic heterocycles. The van der Waals surface area contributed by atoms with Crippen molar-refractivity contribution in [3.8, 4) is 0 Å². The second kappa shape index (κ2) is 3.21. The minimum absolute atomic E-state index is 0.00449. The number of hydrogen-bond acceptors (Lipinski definition) is 3. The Bertz CT molecular complexity index is 296. The summed E-state index contributed by atoms with van der Waals surface area (Å²) in [5.74, 6) is -0.495. The van der Waals surface area contributed by atoms with Gasteiger partial charge in [0.05, 0.1) is 6.54 Å². The molecule has 0 aliphatic rings. The molecule has 66 valence electrons. The second-order valence-electron chi connectivity index (χ2n) is 2.23. The van der Waals surface area contributed by atoms with Crippen LogP contribution < -0.4 is 11.5 Å². The van der Waals surface area contributed by atoms with Crippen molar-refractivity contribution < 1.29 is 9.18 Å². The number of nitrogens with two attached hydrogens (primary N) is 2. The van der Waals surface area contributed by atoms with E-state index in [1.165, 1.54) is 6.07 Å². The van der Waals surface area contributed by atoms with E-state index >= 15 is 0 Å². The van der Waals surface area contributed by atoms with Crippen molar-refractivity contribution in [2.24, 2.45) is 5.73 Å². The van der Waals surface area contributed by atoms with Crippen molar-refractivity contribution >= 4 is 11.7 Å². The first-order chi connectivity index (χ1) is 5.65. The van der Waals surface area contributed by atoms with Crippen LogP contribution >= 0.6 is 0 Å². The Kier molecular flexibility index (Phi) is 2.27. The zero-order valence-corrected chi connectivity index (χ0v) is 6.33. The molecule has 0 atom stereocenters. The molecule has 4 N–H and O–H groups in total. The average Bonchev–Trinajstić information content (AvgIpc) is 2.32. The van der Waals surface area contributed by atoms with Crippen LogP contribution in [-0.4, -0.2) is 22.4 Å². The van der Waals surface area contributed by atoms with Gasteiger partial charge in [0.2, 0.25) is 0 Å². The molecule has 0 fully saturated rings. The lowest BCUT2D eigenvalue weighted by molar-refractivity contribution is 0.0989. The van der Waals surface area contributed by atoms with Gasteiger partial charge in [0.1, 0.15) is 18.2 Å². The summed E-state index contributed by atoms with van der Waals surface area (Å²) in [6.07, 6.45) is 0. The molecule has 1 amide bonds. The quantitative estimate of drug-likeness (QED) is 0.646. The zero-order chi connectivity index (χ0) is 9.14. The molecular formula is C6H9FN4O. The number of nitrogens with zero attached hydrogens (tertiary/aromatic N) is 2. The SMILES string of the molecule is NC(=O)c1cc(N)nn1CCF. The fourth-order valence-corrected chi connectivity index (χ4v) is 0.886. The van der Waals surface area contributed by atoms with E-state index < -0.39 is 12.6 Å². The van der Waals surface area contributed by atoms with Crippen LogP contribution in [0.25, 0.3) is 0 Å². The lowest BCUT2D eigenvalue weighted by Crippen LogP contribution is -2.18. The number of primary amides is 1. The first-order valence-corrected chi connectivity index (χ1v) is 3.34. The third-order valence-electron chi connectivity index (χ3n) is 1.35. The second-order valence-corrected chi connectivity index (χ2v) is 2.23. The minimum Gasteiger partial charge on any atom is -0.382 e. The van der Waals surface area contributed by atoms with Crippen molar-refractivity contribution in [3.63, 3.8) is 0 Å². The first kappa shape index (κ1) is 8.51. The van der Waals surface area contributed by atoms with Gasteiger partial charge in [-0.1, -0.05) is 0 Å². The first-order valence-electron chi connectivity index (χ1n) is 3.34. The van der Waals surface area contributed by atoms with Gasteiger partial charge in [-0.3, -0.25) is 9.48 Å². The predicted molar refractivity (Wildman–Crippen MR) is 41.1 cm³/mol. The van der Waals surface area contributed by atoms with Gasteiger partial charge in [-0.2, -0.15) is 5.10 Å². The molecule has 0 aliphatic carbocycles. The highest BCUT2D eigenvalue weighted by Gasteiger charge is 2.09. The lowest BCUT2D eigenvalue weighted by atomic mass is 10.4. The van der Waals surface area contributed by atoms with Crippen molar-refractivity contribution in [3.05, 3.63) is 11.8 Å². The fraction of sp³-hybridized carbons (Fsp3) is 0.333. The molecule has 1 rings (SSSR count).